The predicted octanol–water partition coefficient (Wildman–Crippen LogP) is 4.10. The molecule has 0 aliphatic rings. The van der Waals surface area contributed by atoms with Crippen molar-refractivity contribution in [2.24, 2.45) is 0 Å². The first kappa shape index (κ1) is 14.3. The normalized spacial score (nSPS) is 10.1. The van der Waals surface area contributed by atoms with Crippen LogP contribution in [0.15, 0.2) is 48.5 Å². The third kappa shape index (κ3) is 3.92. The van der Waals surface area contributed by atoms with Gasteiger partial charge in [0, 0.05) is 17.8 Å². The van der Waals surface area contributed by atoms with E-state index in [-0.39, 0.29) is 0 Å². The fourth-order valence-corrected chi connectivity index (χ4v) is 1.91. The Bertz CT molecular complexity index is 523. The molecule has 0 atom stereocenters. The summed E-state index contributed by atoms with van der Waals surface area (Å²) in [6, 6.07) is 16.0. The molecule has 0 aromatic heterocycles. The first-order valence-corrected chi connectivity index (χ1v) is 6.92. The zero-order valence-corrected chi connectivity index (χ0v) is 12.1. The van der Waals surface area contributed by atoms with Gasteiger partial charge in [-0.05, 0) is 36.8 Å². The lowest BCUT2D eigenvalue weighted by Crippen LogP contribution is -2.03. The van der Waals surface area contributed by atoms with E-state index in [0.717, 1.165) is 42.3 Å². The molecule has 0 aliphatic heterocycles. The van der Waals surface area contributed by atoms with Crippen LogP contribution >= 0.6 is 0 Å². The monoisotopic (exact) mass is 271 g/mol. The van der Waals surface area contributed by atoms with Crippen LogP contribution in [0.25, 0.3) is 0 Å². The minimum absolute atomic E-state index is 0.742. The average molecular weight is 271 g/mol. The second-order valence-corrected chi connectivity index (χ2v) is 4.54. The number of hydrogen-bond donors (Lipinski definition) is 1. The quantitative estimate of drug-likeness (QED) is 0.822. The van der Waals surface area contributed by atoms with Crippen LogP contribution in [0.2, 0.25) is 0 Å². The van der Waals surface area contributed by atoms with Crippen LogP contribution in [0, 0.1) is 0 Å². The standard InChI is InChI=1S/C17H21NO2/c1-3-12-20-17-7-5-4-6-14(17)13-18-15-8-10-16(19-2)11-9-15/h4-11,18H,3,12-13H2,1-2H3. The van der Waals surface area contributed by atoms with Gasteiger partial charge < -0.3 is 14.8 Å². The smallest absolute Gasteiger partial charge is 0.124 e. The zero-order valence-electron chi connectivity index (χ0n) is 12.1. The van der Waals surface area contributed by atoms with Crippen molar-refractivity contribution >= 4 is 5.69 Å². The zero-order chi connectivity index (χ0) is 14.2. The molecule has 3 heteroatoms. The SMILES string of the molecule is CCCOc1ccccc1CNc1ccc(OC)cc1. The van der Waals surface area contributed by atoms with Crippen LogP contribution in [-0.4, -0.2) is 13.7 Å². The highest BCUT2D eigenvalue weighted by molar-refractivity contribution is 5.47. The van der Waals surface area contributed by atoms with Crippen molar-refractivity contribution in [2.75, 3.05) is 19.0 Å². The van der Waals surface area contributed by atoms with Crippen LogP contribution in [0.4, 0.5) is 5.69 Å². The van der Waals surface area contributed by atoms with E-state index in [1.807, 2.05) is 42.5 Å². The lowest BCUT2D eigenvalue weighted by molar-refractivity contribution is 0.314. The fraction of sp³-hybridized carbons (Fsp3) is 0.294. The van der Waals surface area contributed by atoms with Gasteiger partial charge in [-0.25, -0.2) is 0 Å². The lowest BCUT2D eigenvalue weighted by atomic mass is 10.2. The Labute approximate surface area is 120 Å². The molecule has 1 N–H and O–H groups in total. The maximum Gasteiger partial charge on any atom is 0.124 e. The molecule has 0 bridgehead atoms. The van der Waals surface area contributed by atoms with Crippen molar-refractivity contribution in [3.8, 4) is 11.5 Å². The van der Waals surface area contributed by atoms with Gasteiger partial charge in [0.25, 0.3) is 0 Å². The molecule has 2 aromatic rings. The average Bonchev–Trinajstić information content (AvgIpc) is 2.52. The van der Waals surface area contributed by atoms with E-state index in [2.05, 4.69) is 18.3 Å². The molecule has 3 nitrogen and oxygen atoms in total. The molecule has 0 unspecified atom stereocenters. The third-order valence-electron chi connectivity index (χ3n) is 3.01. The Balaban J connectivity index is 1.98. The van der Waals surface area contributed by atoms with Gasteiger partial charge in [0.1, 0.15) is 11.5 Å². The van der Waals surface area contributed by atoms with Crippen LogP contribution in [0.3, 0.4) is 0 Å². The van der Waals surface area contributed by atoms with E-state index in [0.29, 0.717) is 0 Å². The minimum Gasteiger partial charge on any atom is -0.497 e. The Hall–Kier alpha value is -2.16. The Morgan fingerprint density at radius 1 is 1.00 bits per heavy atom. The lowest BCUT2D eigenvalue weighted by Gasteiger charge is -2.12. The largest absolute Gasteiger partial charge is 0.497 e. The summed E-state index contributed by atoms with van der Waals surface area (Å²) in [4.78, 5) is 0. The maximum atomic E-state index is 5.75. The van der Waals surface area contributed by atoms with Crippen molar-refractivity contribution in [3.63, 3.8) is 0 Å². The number of hydrogen-bond acceptors (Lipinski definition) is 3. The summed E-state index contributed by atoms with van der Waals surface area (Å²) in [6.07, 6.45) is 1.01. The highest BCUT2D eigenvalue weighted by Crippen LogP contribution is 2.21. The Kier molecular flexibility index (Phi) is 5.30. The number of para-hydroxylation sites is 1. The Morgan fingerprint density at radius 2 is 1.75 bits per heavy atom. The first-order chi connectivity index (χ1) is 9.83. The first-order valence-electron chi connectivity index (χ1n) is 6.92. The van der Waals surface area contributed by atoms with E-state index in [4.69, 9.17) is 9.47 Å². The molecule has 0 saturated carbocycles. The second kappa shape index (κ2) is 7.43. The number of ether oxygens (including phenoxy) is 2. The third-order valence-corrected chi connectivity index (χ3v) is 3.01. The van der Waals surface area contributed by atoms with E-state index in [9.17, 15) is 0 Å². The molecule has 0 spiro atoms. The molecule has 0 radical (unpaired) electrons. The van der Waals surface area contributed by atoms with Crippen molar-refractivity contribution in [3.05, 3.63) is 54.1 Å². The van der Waals surface area contributed by atoms with Gasteiger partial charge >= 0.3 is 0 Å². The number of nitrogens with one attached hydrogen (secondary N) is 1. The number of anilines is 1. The van der Waals surface area contributed by atoms with Crippen LogP contribution < -0.4 is 14.8 Å². The van der Waals surface area contributed by atoms with Gasteiger partial charge in [0.15, 0.2) is 0 Å². The van der Waals surface area contributed by atoms with E-state index in [1.54, 1.807) is 7.11 Å². The van der Waals surface area contributed by atoms with Gasteiger partial charge in [0.05, 0.1) is 13.7 Å². The molecular weight excluding hydrogens is 250 g/mol. The summed E-state index contributed by atoms with van der Waals surface area (Å²) in [5.74, 6) is 1.82. The predicted molar refractivity (Wildman–Crippen MR) is 82.5 cm³/mol. The topological polar surface area (TPSA) is 30.5 Å². The van der Waals surface area contributed by atoms with Gasteiger partial charge in [-0.2, -0.15) is 0 Å². The molecular formula is C17H21NO2. The summed E-state index contributed by atoms with van der Waals surface area (Å²) >= 11 is 0. The summed E-state index contributed by atoms with van der Waals surface area (Å²) in [5, 5.41) is 3.39. The summed E-state index contributed by atoms with van der Waals surface area (Å²) in [6.45, 7) is 3.60. The molecule has 0 heterocycles. The highest BCUT2D eigenvalue weighted by Gasteiger charge is 2.02. The maximum absolute atomic E-state index is 5.75. The van der Waals surface area contributed by atoms with Crippen LogP contribution in [0.5, 0.6) is 11.5 Å². The minimum atomic E-state index is 0.742. The molecule has 2 rings (SSSR count). The molecule has 20 heavy (non-hydrogen) atoms. The number of rotatable bonds is 7. The molecule has 0 saturated heterocycles. The fourth-order valence-electron chi connectivity index (χ4n) is 1.91. The molecule has 106 valence electrons. The van der Waals surface area contributed by atoms with Gasteiger partial charge in [-0.1, -0.05) is 25.1 Å². The molecule has 0 aliphatic carbocycles. The molecule has 0 fully saturated rings. The van der Waals surface area contributed by atoms with E-state index in [1.165, 1.54) is 0 Å². The van der Waals surface area contributed by atoms with Crippen molar-refractivity contribution in [2.45, 2.75) is 19.9 Å². The molecule has 0 amide bonds. The highest BCUT2D eigenvalue weighted by atomic mass is 16.5. The molecule has 2 aromatic carbocycles. The van der Waals surface area contributed by atoms with Crippen LogP contribution in [-0.2, 0) is 6.54 Å². The van der Waals surface area contributed by atoms with E-state index >= 15 is 0 Å². The second-order valence-electron chi connectivity index (χ2n) is 4.54. The van der Waals surface area contributed by atoms with Gasteiger partial charge in [-0.15, -0.1) is 0 Å². The number of methoxy groups -OCH3 is 1. The van der Waals surface area contributed by atoms with Gasteiger partial charge in [0.2, 0.25) is 0 Å². The van der Waals surface area contributed by atoms with Crippen LogP contribution in [0.1, 0.15) is 18.9 Å². The van der Waals surface area contributed by atoms with Crippen molar-refractivity contribution < 1.29 is 9.47 Å². The summed E-state index contributed by atoms with van der Waals surface area (Å²) in [7, 11) is 1.67. The summed E-state index contributed by atoms with van der Waals surface area (Å²) in [5.41, 5.74) is 2.23. The van der Waals surface area contributed by atoms with Crippen molar-refractivity contribution in [1.29, 1.82) is 0 Å². The van der Waals surface area contributed by atoms with Crippen molar-refractivity contribution in [1.82, 2.24) is 0 Å². The summed E-state index contributed by atoms with van der Waals surface area (Å²) < 4.78 is 10.9. The van der Waals surface area contributed by atoms with Gasteiger partial charge in [-0.3, -0.25) is 0 Å². The van der Waals surface area contributed by atoms with E-state index < -0.39 is 0 Å². The number of benzene rings is 2. The Morgan fingerprint density at radius 3 is 2.45 bits per heavy atom.